The lowest BCUT2D eigenvalue weighted by molar-refractivity contribution is -0.136. The van der Waals surface area contributed by atoms with Crippen LogP contribution in [0.2, 0.25) is 0 Å². The number of carboxylic acid groups (broad SMARTS) is 1. The molecule has 8 nitrogen and oxygen atoms in total. The molecule has 0 unspecified atom stereocenters. The van der Waals surface area contributed by atoms with Gasteiger partial charge in [-0.05, 0) is 35.9 Å². The van der Waals surface area contributed by atoms with Gasteiger partial charge in [0, 0.05) is 16.7 Å². The van der Waals surface area contributed by atoms with E-state index in [4.69, 9.17) is 9.84 Å². The highest BCUT2D eigenvalue weighted by Crippen LogP contribution is 2.37. The van der Waals surface area contributed by atoms with Crippen molar-refractivity contribution in [1.29, 1.82) is 0 Å². The number of carbonyl (C=O) groups is 2. The van der Waals surface area contributed by atoms with Gasteiger partial charge in [0.2, 0.25) is 5.91 Å². The number of benzene rings is 2. The maximum absolute atomic E-state index is 12.9. The van der Waals surface area contributed by atoms with Gasteiger partial charge in [-0.3, -0.25) is 9.59 Å². The number of nitrogens with one attached hydrogen (secondary N) is 1. The van der Waals surface area contributed by atoms with Crippen LogP contribution >= 0.6 is 0 Å². The minimum Gasteiger partial charge on any atom is -0.481 e. The smallest absolute Gasteiger partial charge is 0.402 e. The molecule has 0 bridgehead atoms. The van der Waals surface area contributed by atoms with Crippen molar-refractivity contribution in [2.45, 2.75) is 45.7 Å². The highest BCUT2D eigenvalue weighted by Gasteiger charge is 2.35. The average molecular weight is 554 g/mol. The predicted octanol–water partition coefficient (Wildman–Crippen LogP) is 5.17. The number of anilines is 1. The standard InChI is InChI=1S/C23H24F5NO7S/c1-22(2,3)20(32)29-15-5-7-16(14(10-15)11-37(33,34)12-23(26,27)28)35-18-8-13(9-19(30)31)4-6-17(18)36-21(24)25/h4-8,10,21H,9,11-12H2,1-3H3,(H,29,32)(H,30,31). The van der Waals surface area contributed by atoms with E-state index in [-0.39, 0.29) is 22.6 Å². The molecule has 1 amide bonds. The summed E-state index contributed by atoms with van der Waals surface area (Å²) in [5.41, 5.74) is -1.01. The number of halogens is 5. The molecule has 0 radical (unpaired) electrons. The van der Waals surface area contributed by atoms with Gasteiger partial charge in [0.25, 0.3) is 0 Å². The minimum atomic E-state index is -5.03. The van der Waals surface area contributed by atoms with Crippen LogP contribution in [0.5, 0.6) is 17.2 Å². The summed E-state index contributed by atoms with van der Waals surface area (Å²) in [6.45, 7) is 1.50. The second-order valence-corrected chi connectivity index (χ2v) is 11.1. The molecular weight excluding hydrogens is 529 g/mol. The molecular formula is C23H24F5NO7S. The van der Waals surface area contributed by atoms with Crippen LogP contribution in [0.3, 0.4) is 0 Å². The van der Waals surface area contributed by atoms with Crippen LogP contribution < -0.4 is 14.8 Å². The molecule has 2 aromatic carbocycles. The lowest BCUT2D eigenvalue weighted by Gasteiger charge is -2.20. The third-order valence-electron chi connectivity index (χ3n) is 4.56. The number of rotatable bonds is 10. The number of carbonyl (C=O) groups excluding carboxylic acids is 1. The van der Waals surface area contributed by atoms with Crippen molar-refractivity contribution in [2.24, 2.45) is 5.41 Å². The average Bonchev–Trinajstić information content (AvgIpc) is 2.68. The highest BCUT2D eigenvalue weighted by atomic mass is 32.2. The van der Waals surface area contributed by atoms with Crippen molar-refractivity contribution in [3.05, 3.63) is 47.5 Å². The van der Waals surface area contributed by atoms with Gasteiger partial charge in [0.15, 0.2) is 21.3 Å². The minimum absolute atomic E-state index is 0.0492. The fourth-order valence-corrected chi connectivity index (χ4v) is 4.25. The Bertz CT molecular complexity index is 1260. The Balaban J connectivity index is 2.56. The van der Waals surface area contributed by atoms with Gasteiger partial charge in [-0.1, -0.05) is 26.8 Å². The van der Waals surface area contributed by atoms with Crippen LogP contribution in [-0.4, -0.2) is 43.9 Å². The quantitative estimate of drug-likeness (QED) is 0.390. The van der Waals surface area contributed by atoms with Gasteiger partial charge in [0.05, 0.1) is 12.2 Å². The zero-order chi connectivity index (χ0) is 28.2. The van der Waals surface area contributed by atoms with E-state index in [1.165, 1.54) is 12.1 Å². The molecule has 0 fully saturated rings. The second kappa shape index (κ2) is 11.3. The maximum Gasteiger partial charge on any atom is 0.402 e. The Morgan fingerprint density at radius 2 is 1.62 bits per heavy atom. The van der Waals surface area contributed by atoms with E-state index in [9.17, 15) is 40.0 Å². The largest absolute Gasteiger partial charge is 0.481 e. The Kier molecular flexibility index (Phi) is 9.12. The van der Waals surface area contributed by atoms with Gasteiger partial charge in [0.1, 0.15) is 11.5 Å². The number of aliphatic carboxylic acids is 1. The molecule has 0 atom stereocenters. The molecule has 2 aromatic rings. The third kappa shape index (κ3) is 9.86. The Labute approximate surface area is 209 Å². The Hall–Kier alpha value is -3.42. The van der Waals surface area contributed by atoms with Crippen LogP contribution in [0.25, 0.3) is 0 Å². The van der Waals surface area contributed by atoms with Gasteiger partial charge in [-0.25, -0.2) is 8.42 Å². The summed E-state index contributed by atoms with van der Waals surface area (Å²) in [6, 6.07) is 6.76. The van der Waals surface area contributed by atoms with Gasteiger partial charge >= 0.3 is 18.8 Å². The van der Waals surface area contributed by atoms with E-state index in [0.29, 0.717) is 0 Å². The fourth-order valence-electron chi connectivity index (χ4n) is 2.95. The van der Waals surface area contributed by atoms with Crippen molar-refractivity contribution >= 4 is 27.4 Å². The zero-order valence-corrected chi connectivity index (χ0v) is 20.7. The van der Waals surface area contributed by atoms with Gasteiger partial charge in [-0.2, -0.15) is 22.0 Å². The highest BCUT2D eigenvalue weighted by molar-refractivity contribution is 7.90. The van der Waals surface area contributed by atoms with Crippen molar-refractivity contribution in [1.82, 2.24) is 0 Å². The van der Waals surface area contributed by atoms with Crippen molar-refractivity contribution in [2.75, 3.05) is 11.1 Å². The summed E-state index contributed by atoms with van der Waals surface area (Å²) in [5, 5.41) is 11.5. The molecule has 0 aliphatic rings. The molecule has 0 heterocycles. The molecule has 0 spiro atoms. The molecule has 2 rings (SSSR count). The number of ether oxygens (including phenoxy) is 2. The van der Waals surface area contributed by atoms with Crippen LogP contribution in [0.15, 0.2) is 36.4 Å². The number of hydrogen-bond acceptors (Lipinski definition) is 6. The van der Waals surface area contributed by atoms with E-state index in [1.807, 2.05) is 0 Å². The Morgan fingerprint density at radius 1 is 1.00 bits per heavy atom. The van der Waals surface area contributed by atoms with Gasteiger partial charge in [-0.15, -0.1) is 0 Å². The van der Waals surface area contributed by atoms with Crippen LogP contribution in [0, 0.1) is 5.41 Å². The zero-order valence-electron chi connectivity index (χ0n) is 19.9. The summed E-state index contributed by atoms with van der Waals surface area (Å²) in [7, 11) is -4.78. The van der Waals surface area contributed by atoms with Crippen molar-refractivity contribution in [3.8, 4) is 17.2 Å². The molecule has 0 aliphatic heterocycles. The number of carboxylic acids is 1. The first-order valence-electron chi connectivity index (χ1n) is 10.5. The molecule has 37 heavy (non-hydrogen) atoms. The first-order valence-corrected chi connectivity index (χ1v) is 12.4. The van der Waals surface area contributed by atoms with Gasteiger partial charge < -0.3 is 19.9 Å². The van der Waals surface area contributed by atoms with Crippen LogP contribution in [0.4, 0.5) is 27.6 Å². The normalized spacial score (nSPS) is 12.4. The lowest BCUT2D eigenvalue weighted by atomic mass is 9.95. The molecule has 14 heteroatoms. The molecule has 0 aliphatic carbocycles. The van der Waals surface area contributed by atoms with E-state index < -0.39 is 69.3 Å². The van der Waals surface area contributed by atoms with Crippen molar-refractivity contribution < 1.29 is 54.5 Å². The molecule has 0 saturated heterocycles. The summed E-state index contributed by atoms with van der Waals surface area (Å²) in [4.78, 5) is 23.4. The van der Waals surface area contributed by atoms with Crippen molar-refractivity contribution in [3.63, 3.8) is 0 Å². The topological polar surface area (TPSA) is 119 Å². The number of alkyl halides is 5. The summed E-state index contributed by atoms with van der Waals surface area (Å²) in [5.74, 6) is -6.32. The first-order chi connectivity index (χ1) is 16.8. The summed E-state index contributed by atoms with van der Waals surface area (Å²) in [6.07, 6.45) is -5.54. The predicted molar refractivity (Wildman–Crippen MR) is 123 cm³/mol. The SMILES string of the molecule is CC(C)(C)C(=O)Nc1ccc(Oc2cc(CC(=O)O)ccc2OC(F)F)c(CS(=O)(=O)CC(F)(F)F)c1. The summed E-state index contributed by atoms with van der Waals surface area (Å²) < 4.78 is 98.6. The fraction of sp³-hybridized carbons (Fsp3) is 0.391. The van der Waals surface area contributed by atoms with E-state index in [2.05, 4.69) is 10.1 Å². The molecule has 204 valence electrons. The molecule has 0 aromatic heterocycles. The van der Waals surface area contributed by atoms with E-state index in [0.717, 1.165) is 24.3 Å². The molecule has 0 saturated carbocycles. The molecule has 2 N–H and O–H groups in total. The summed E-state index contributed by atoms with van der Waals surface area (Å²) >= 11 is 0. The van der Waals surface area contributed by atoms with Crippen LogP contribution in [0.1, 0.15) is 31.9 Å². The first kappa shape index (κ1) is 29.8. The monoisotopic (exact) mass is 553 g/mol. The van der Waals surface area contributed by atoms with E-state index >= 15 is 0 Å². The number of amides is 1. The third-order valence-corrected chi connectivity index (χ3v) is 6.08. The maximum atomic E-state index is 12.9. The number of sulfone groups is 1. The number of hydrogen-bond donors (Lipinski definition) is 2. The second-order valence-electron chi connectivity index (χ2n) is 9.01. The van der Waals surface area contributed by atoms with Crippen LogP contribution in [-0.2, 0) is 31.6 Å². The van der Waals surface area contributed by atoms with E-state index in [1.54, 1.807) is 20.8 Å². The lowest BCUT2D eigenvalue weighted by Crippen LogP contribution is -2.27. The Morgan fingerprint density at radius 3 is 2.16 bits per heavy atom.